The number of hydrogen-bond acceptors (Lipinski definition) is 0. The molecule has 0 aliphatic heterocycles. The molecule has 1 nitrogen and oxygen atoms in total. The zero-order valence-corrected chi connectivity index (χ0v) is 23.1. The summed E-state index contributed by atoms with van der Waals surface area (Å²) in [5, 5.41) is 0. The lowest BCUT2D eigenvalue weighted by atomic mass is 9.71. The third-order valence-electron chi connectivity index (χ3n) is 6.69. The molecule has 0 amide bonds. The van der Waals surface area contributed by atoms with E-state index >= 15 is 0 Å². The molecular formula is C29H57BFN. The first kappa shape index (κ1) is 31.2. The summed E-state index contributed by atoms with van der Waals surface area (Å²) in [5.41, 5.74) is 2.45. The predicted octanol–water partition coefficient (Wildman–Crippen LogP) is 7.93. The summed E-state index contributed by atoms with van der Waals surface area (Å²) in [5.74, 6) is -0.105. The molecule has 32 heavy (non-hydrogen) atoms. The molecule has 1 aromatic rings. The van der Waals surface area contributed by atoms with E-state index in [0.717, 1.165) is 4.48 Å². The SMILES string of the molecule is CCCCCCCCCCCCCCCCCC[N+](C)(C)C.C[BH2-]c1cc(F)ccc1C. The van der Waals surface area contributed by atoms with Crippen LogP contribution in [0.1, 0.15) is 115 Å². The minimum Gasteiger partial charge on any atom is -0.331 e. The molecule has 0 atom stereocenters. The van der Waals surface area contributed by atoms with E-state index in [4.69, 9.17) is 0 Å². The molecule has 0 aromatic heterocycles. The minimum atomic E-state index is -0.105. The van der Waals surface area contributed by atoms with Gasteiger partial charge in [0.1, 0.15) is 5.82 Å². The van der Waals surface area contributed by atoms with Crippen molar-refractivity contribution in [2.24, 2.45) is 0 Å². The van der Waals surface area contributed by atoms with Crippen LogP contribution in [-0.4, -0.2) is 39.5 Å². The van der Waals surface area contributed by atoms with Crippen LogP contribution in [0.15, 0.2) is 18.2 Å². The van der Waals surface area contributed by atoms with E-state index in [0.29, 0.717) is 0 Å². The van der Waals surface area contributed by atoms with Gasteiger partial charge >= 0.3 is 0 Å². The number of nitrogens with zero attached hydrogens (tertiary/aromatic N) is 1. The predicted molar refractivity (Wildman–Crippen MR) is 148 cm³/mol. The summed E-state index contributed by atoms with van der Waals surface area (Å²) in [6, 6.07) is 5.01. The average Bonchev–Trinajstić information content (AvgIpc) is 2.75. The van der Waals surface area contributed by atoms with Crippen molar-refractivity contribution in [1.29, 1.82) is 0 Å². The Balaban J connectivity index is 0.000000792. The molecule has 0 fully saturated rings. The van der Waals surface area contributed by atoms with E-state index in [1.807, 2.05) is 13.0 Å². The second kappa shape index (κ2) is 20.8. The van der Waals surface area contributed by atoms with Crippen molar-refractivity contribution in [1.82, 2.24) is 0 Å². The molecule has 0 saturated carbocycles. The summed E-state index contributed by atoms with van der Waals surface area (Å²) in [6.07, 6.45) is 23.4. The first-order valence-corrected chi connectivity index (χ1v) is 14.3. The van der Waals surface area contributed by atoms with Gasteiger partial charge in [0, 0.05) is 0 Å². The standard InChI is InChI=1S/C21H46N.C8H11BF/c1-5-6-7-8-9-10-11-12-13-14-15-16-17-18-19-20-21-22(2,3)4;1-6-3-4-7(10)5-8(6)9-2/h5-21H2,1-4H3;3-5H,9H2,1-2H3/q+1;-1. The third kappa shape index (κ3) is 21.0. The van der Waals surface area contributed by atoms with Gasteiger partial charge in [0.05, 0.1) is 27.7 Å². The van der Waals surface area contributed by atoms with Gasteiger partial charge in [-0.2, -0.15) is 6.82 Å². The van der Waals surface area contributed by atoms with Crippen LogP contribution in [-0.2, 0) is 0 Å². The van der Waals surface area contributed by atoms with Gasteiger partial charge in [0.2, 0.25) is 0 Å². The van der Waals surface area contributed by atoms with Gasteiger partial charge in [-0.1, -0.05) is 115 Å². The highest BCUT2D eigenvalue weighted by atomic mass is 19.1. The molecule has 0 aliphatic carbocycles. The Morgan fingerprint density at radius 2 is 1.09 bits per heavy atom. The molecule has 0 radical (unpaired) electrons. The number of benzene rings is 1. The first-order chi connectivity index (χ1) is 15.3. The monoisotopic (exact) mass is 449 g/mol. The van der Waals surface area contributed by atoms with E-state index in [-0.39, 0.29) is 13.1 Å². The molecule has 1 aromatic carbocycles. The maximum absolute atomic E-state index is 12.6. The van der Waals surface area contributed by atoms with Gasteiger partial charge in [0.25, 0.3) is 0 Å². The molecule has 0 bridgehead atoms. The fourth-order valence-electron chi connectivity index (χ4n) is 4.38. The van der Waals surface area contributed by atoms with Crippen molar-refractivity contribution in [3.8, 4) is 0 Å². The molecule has 0 aliphatic rings. The first-order valence-electron chi connectivity index (χ1n) is 14.3. The summed E-state index contributed by atoms with van der Waals surface area (Å²) in [7, 11) is 6.80. The maximum Gasteiger partial charge on any atom is 0.120 e. The van der Waals surface area contributed by atoms with Crippen LogP contribution < -0.4 is 5.46 Å². The van der Waals surface area contributed by atoms with E-state index in [9.17, 15) is 4.39 Å². The summed E-state index contributed by atoms with van der Waals surface area (Å²) >= 11 is 0. The van der Waals surface area contributed by atoms with Gasteiger partial charge in [-0.05, 0) is 33.1 Å². The molecule has 0 saturated heterocycles. The Labute approximate surface area is 202 Å². The number of rotatable bonds is 18. The van der Waals surface area contributed by atoms with E-state index in [1.54, 1.807) is 6.07 Å². The second-order valence-electron chi connectivity index (χ2n) is 11.0. The van der Waals surface area contributed by atoms with Gasteiger partial charge in [0.15, 0.2) is 0 Å². The number of unbranched alkanes of at least 4 members (excludes halogenated alkanes) is 15. The molecule has 0 unspecified atom stereocenters. The van der Waals surface area contributed by atoms with Crippen LogP contribution in [0.3, 0.4) is 0 Å². The van der Waals surface area contributed by atoms with Crippen molar-refractivity contribution in [2.75, 3.05) is 27.7 Å². The molecule has 3 heteroatoms. The van der Waals surface area contributed by atoms with Crippen LogP contribution in [0.25, 0.3) is 0 Å². The fraction of sp³-hybridized carbons (Fsp3) is 0.793. The molecule has 188 valence electrons. The van der Waals surface area contributed by atoms with E-state index < -0.39 is 0 Å². The summed E-state index contributed by atoms with van der Waals surface area (Å²) < 4.78 is 13.7. The maximum atomic E-state index is 12.6. The number of aryl methyl sites for hydroxylation is 1. The highest BCUT2D eigenvalue weighted by Crippen LogP contribution is 2.13. The minimum absolute atomic E-state index is 0.0885. The van der Waals surface area contributed by atoms with E-state index in [1.165, 1.54) is 126 Å². The van der Waals surface area contributed by atoms with Gasteiger partial charge < -0.3 is 4.48 Å². The molecule has 0 spiro atoms. The van der Waals surface area contributed by atoms with E-state index in [2.05, 4.69) is 34.9 Å². The van der Waals surface area contributed by atoms with Gasteiger partial charge in [-0.15, -0.1) is 0 Å². The molecular weight excluding hydrogens is 392 g/mol. The number of quaternary nitrogens is 1. The summed E-state index contributed by atoms with van der Waals surface area (Å²) in [4.78, 5) is 0. The average molecular weight is 450 g/mol. The highest BCUT2D eigenvalue weighted by molar-refractivity contribution is 6.52. The Hall–Kier alpha value is -0.825. The zero-order chi connectivity index (χ0) is 24.1. The van der Waals surface area contributed by atoms with Crippen molar-refractivity contribution >= 4 is 12.7 Å². The lowest BCUT2D eigenvalue weighted by molar-refractivity contribution is -0.870. The van der Waals surface area contributed by atoms with Crippen molar-refractivity contribution in [2.45, 2.75) is 123 Å². The van der Waals surface area contributed by atoms with Crippen molar-refractivity contribution in [3.05, 3.63) is 29.6 Å². The third-order valence-corrected chi connectivity index (χ3v) is 6.69. The highest BCUT2D eigenvalue weighted by Gasteiger charge is 2.04. The topological polar surface area (TPSA) is 0 Å². The van der Waals surface area contributed by atoms with Crippen LogP contribution in [0.5, 0.6) is 0 Å². The lowest BCUT2D eigenvalue weighted by Crippen LogP contribution is -2.35. The Bertz CT molecular complexity index is 538. The van der Waals surface area contributed by atoms with Gasteiger partial charge in [-0.3, -0.25) is 0 Å². The number of halogens is 1. The Morgan fingerprint density at radius 1 is 0.688 bits per heavy atom. The quantitative estimate of drug-likeness (QED) is 0.121. The lowest BCUT2D eigenvalue weighted by Gasteiger charge is -2.23. The Kier molecular flexibility index (Phi) is 20.2. The van der Waals surface area contributed by atoms with Crippen LogP contribution in [0, 0.1) is 12.7 Å². The van der Waals surface area contributed by atoms with Crippen molar-refractivity contribution in [3.63, 3.8) is 0 Å². The fourth-order valence-corrected chi connectivity index (χ4v) is 4.38. The Morgan fingerprint density at radius 3 is 1.44 bits per heavy atom. The smallest absolute Gasteiger partial charge is 0.120 e. The summed E-state index contributed by atoms with van der Waals surface area (Å²) in [6.45, 7) is 7.81. The van der Waals surface area contributed by atoms with Crippen LogP contribution in [0.2, 0.25) is 6.82 Å². The molecule has 0 heterocycles. The van der Waals surface area contributed by atoms with Crippen molar-refractivity contribution < 1.29 is 8.87 Å². The zero-order valence-electron chi connectivity index (χ0n) is 23.1. The molecule has 0 N–H and O–H groups in total. The molecule has 1 rings (SSSR count). The largest absolute Gasteiger partial charge is 0.331 e. The number of hydrogen-bond donors (Lipinski definition) is 0. The normalized spacial score (nSPS) is 11.3. The van der Waals surface area contributed by atoms with Gasteiger partial charge in [-0.25, -0.2) is 9.85 Å². The van der Waals surface area contributed by atoms with Crippen LogP contribution in [0.4, 0.5) is 4.39 Å². The van der Waals surface area contributed by atoms with Crippen LogP contribution >= 0.6 is 0 Å². The second-order valence-corrected chi connectivity index (χ2v) is 11.0.